The van der Waals surface area contributed by atoms with Crippen LogP contribution >= 0.6 is 11.3 Å². The molecule has 1 unspecified atom stereocenters. The Balaban J connectivity index is 1.68. The second-order valence-corrected chi connectivity index (χ2v) is 6.37. The molecule has 3 rings (SSSR count). The van der Waals surface area contributed by atoms with E-state index < -0.39 is 5.69 Å². The van der Waals surface area contributed by atoms with Gasteiger partial charge in [-0.05, 0) is 41.3 Å². The van der Waals surface area contributed by atoms with Gasteiger partial charge in [-0.2, -0.15) is 9.36 Å². The van der Waals surface area contributed by atoms with Crippen molar-refractivity contribution in [1.29, 1.82) is 0 Å². The molecule has 1 aliphatic heterocycles. The molecule has 0 aliphatic carbocycles. The van der Waals surface area contributed by atoms with Gasteiger partial charge in [-0.1, -0.05) is 0 Å². The number of rotatable bonds is 6. The Bertz CT molecular complexity index is 702. The molecule has 0 aromatic carbocycles. The standard InChI is InChI=1S/C14H19N5O3S/c1-2-17(8-11-5-6-22-10-11)12(20)9-18-14(21)19(16-15-18)13-4-3-7-23-13/h3-4,7,11H,2,5-6,8-10H2,1H3. The highest BCUT2D eigenvalue weighted by atomic mass is 32.1. The first-order valence-electron chi connectivity index (χ1n) is 7.61. The Morgan fingerprint density at radius 3 is 3.04 bits per heavy atom. The molecular formula is C14H19N5O3S. The molecule has 8 nitrogen and oxygen atoms in total. The number of tetrazole rings is 1. The van der Waals surface area contributed by atoms with E-state index in [9.17, 15) is 9.59 Å². The topological polar surface area (TPSA) is 82.2 Å². The van der Waals surface area contributed by atoms with Crippen LogP contribution in [0.25, 0.3) is 5.00 Å². The fraction of sp³-hybridized carbons (Fsp3) is 0.571. The molecule has 1 fully saturated rings. The summed E-state index contributed by atoms with van der Waals surface area (Å²) in [6, 6.07) is 3.62. The Kier molecular flexibility index (Phi) is 4.87. The number of aromatic nitrogens is 4. The number of hydrogen-bond donors (Lipinski definition) is 0. The van der Waals surface area contributed by atoms with Crippen molar-refractivity contribution in [3.8, 4) is 5.00 Å². The SMILES string of the molecule is CCN(CC1CCOC1)C(=O)Cn1nnn(-c2cccs2)c1=O. The monoisotopic (exact) mass is 337 g/mol. The first kappa shape index (κ1) is 15.9. The van der Waals surface area contributed by atoms with E-state index >= 15 is 0 Å². The largest absolute Gasteiger partial charge is 0.381 e. The Labute approximate surface area is 137 Å². The molecule has 1 saturated heterocycles. The van der Waals surface area contributed by atoms with Gasteiger partial charge < -0.3 is 9.64 Å². The fourth-order valence-electron chi connectivity index (χ4n) is 2.58. The van der Waals surface area contributed by atoms with Gasteiger partial charge in [0, 0.05) is 25.6 Å². The summed E-state index contributed by atoms with van der Waals surface area (Å²) in [7, 11) is 0. The van der Waals surface area contributed by atoms with Gasteiger partial charge in [0.15, 0.2) is 0 Å². The van der Waals surface area contributed by atoms with Crippen LogP contribution < -0.4 is 5.69 Å². The summed E-state index contributed by atoms with van der Waals surface area (Å²) in [4.78, 5) is 26.5. The molecule has 1 atom stereocenters. The highest BCUT2D eigenvalue weighted by Gasteiger charge is 2.22. The number of ether oxygens (including phenoxy) is 1. The van der Waals surface area contributed by atoms with E-state index in [1.165, 1.54) is 16.0 Å². The summed E-state index contributed by atoms with van der Waals surface area (Å²) < 4.78 is 7.66. The molecule has 0 radical (unpaired) electrons. The first-order valence-corrected chi connectivity index (χ1v) is 8.49. The molecule has 3 heterocycles. The van der Waals surface area contributed by atoms with Crippen LogP contribution in [0.1, 0.15) is 13.3 Å². The minimum atomic E-state index is -0.402. The van der Waals surface area contributed by atoms with Crippen molar-refractivity contribution >= 4 is 17.2 Å². The van der Waals surface area contributed by atoms with Gasteiger partial charge in [-0.15, -0.1) is 11.3 Å². The zero-order chi connectivity index (χ0) is 16.2. The van der Waals surface area contributed by atoms with Crippen molar-refractivity contribution in [2.45, 2.75) is 19.9 Å². The summed E-state index contributed by atoms with van der Waals surface area (Å²) in [6.45, 7) is 4.54. The van der Waals surface area contributed by atoms with Crippen LogP contribution in [-0.4, -0.2) is 56.9 Å². The van der Waals surface area contributed by atoms with Crippen molar-refractivity contribution in [2.24, 2.45) is 5.92 Å². The maximum atomic E-state index is 12.4. The van der Waals surface area contributed by atoms with Crippen molar-refractivity contribution in [2.75, 3.05) is 26.3 Å². The van der Waals surface area contributed by atoms with Crippen molar-refractivity contribution in [3.05, 3.63) is 28.0 Å². The van der Waals surface area contributed by atoms with E-state index in [4.69, 9.17) is 4.74 Å². The summed E-state index contributed by atoms with van der Waals surface area (Å²) >= 11 is 1.39. The van der Waals surface area contributed by atoms with Crippen LogP contribution in [0.2, 0.25) is 0 Å². The number of likely N-dealkylation sites (N-methyl/N-ethyl adjacent to an activating group) is 1. The third kappa shape index (κ3) is 3.50. The van der Waals surface area contributed by atoms with Crippen LogP contribution in [0.3, 0.4) is 0 Å². The second-order valence-electron chi connectivity index (χ2n) is 5.44. The Morgan fingerprint density at radius 1 is 1.52 bits per heavy atom. The van der Waals surface area contributed by atoms with Gasteiger partial charge >= 0.3 is 5.69 Å². The number of thiophene rings is 1. The van der Waals surface area contributed by atoms with Gasteiger partial charge in [0.1, 0.15) is 11.5 Å². The highest BCUT2D eigenvalue weighted by molar-refractivity contribution is 7.12. The Morgan fingerprint density at radius 2 is 2.39 bits per heavy atom. The minimum absolute atomic E-state index is 0.0916. The molecule has 0 bridgehead atoms. The minimum Gasteiger partial charge on any atom is -0.381 e. The lowest BCUT2D eigenvalue weighted by atomic mass is 10.1. The van der Waals surface area contributed by atoms with Gasteiger partial charge in [-0.3, -0.25) is 4.79 Å². The average Bonchev–Trinajstić information content (AvgIpc) is 3.28. The molecular weight excluding hydrogens is 318 g/mol. The molecule has 1 aliphatic rings. The van der Waals surface area contributed by atoms with Crippen LogP contribution in [0.15, 0.2) is 22.3 Å². The molecule has 23 heavy (non-hydrogen) atoms. The van der Waals surface area contributed by atoms with E-state index in [-0.39, 0.29) is 12.5 Å². The molecule has 2 aromatic rings. The van der Waals surface area contributed by atoms with Gasteiger partial charge in [0.05, 0.1) is 6.61 Å². The third-order valence-electron chi connectivity index (χ3n) is 3.88. The van der Waals surface area contributed by atoms with Crippen LogP contribution in [0.5, 0.6) is 0 Å². The van der Waals surface area contributed by atoms with E-state index in [0.29, 0.717) is 30.6 Å². The Hall–Kier alpha value is -2.00. The maximum absolute atomic E-state index is 12.4. The zero-order valence-corrected chi connectivity index (χ0v) is 13.7. The number of carbonyl (C=O) groups excluding carboxylic acids is 1. The zero-order valence-electron chi connectivity index (χ0n) is 12.9. The van der Waals surface area contributed by atoms with Crippen LogP contribution in [-0.2, 0) is 16.1 Å². The van der Waals surface area contributed by atoms with E-state index in [1.54, 1.807) is 11.0 Å². The highest BCUT2D eigenvalue weighted by Crippen LogP contribution is 2.14. The predicted molar refractivity (Wildman–Crippen MR) is 84.7 cm³/mol. The number of hydrogen-bond acceptors (Lipinski definition) is 6. The molecule has 0 N–H and O–H groups in total. The number of carbonyl (C=O) groups is 1. The first-order chi connectivity index (χ1) is 11.2. The lowest BCUT2D eigenvalue weighted by Crippen LogP contribution is -2.39. The third-order valence-corrected chi connectivity index (χ3v) is 4.72. The van der Waals surface area contributed by atoms with Gasteiger partial charge in [0.25, 0.3) is 0 Å². The summed E-state index contributed by atoms with van der Waals surface area (Å²) in [5.41, 5.74) is -0.402. The number of nitrogens with zero attached hydrogens (tertiary/aromatic N) is 5. The van der Waals surface area contributed by atoms with Crippen molar-refractivity contribution < 1.29 is 9.53 Å². The normalized spacial score (nSPS) is 17.5. The van der Waals surface area contributed by atoms with Gasteiger partial charge in [-0.25, -0.2) is 4.79 Å². The number of amides is 1. The maximum Gasteiger partial charge on any atom is 0.369 e. The van der Waals surface area contributed by atoms with Crippen molar-refractivity contribution in [3.63, 3.8) is 0 Å². The lowest BCUT2D eigenvalue weighted by molar-refractivity contribution is -0.132. The van der Waals surface area contributed by atoms with E-state index in [1.807, 2.05) is 18.4 Å². The van der Waals surface area contributed by atoms with Crippen LogP contribution in [0.4, 0.5) is 0 Å². The molecule has 1 amide bonds. The summed E-state index contributed by atoms with van der Waals surface area (Å²) in [5, 5.41) is 10.2. The molecule has 9 heteroatoms. The summed E-state index contributed by atoms with van der Waals surface area (Å²) in [5.74, 6) is 0.247. The van der Waals surface area contributed by atoms with E-state index in [0.717, 1.165) is 17.7 Å². The molecule has 0 saturated carbocycles. The quantitative estimate of drug-likeness (QED) is 0.761. The van der Waals surface area contributed by atoms with E-state index in [2.05, 4.69) is 10.4 Å². The lowest BCUT2D eigenvalue weighted by Gasteiger charge is -2.23. The van der Waals surface area contributed by atoms with Gasteiger partial charge in [0.2, 0.25) is 5.91 Å². The fourth-order valence-corrected chi connectivity index (χ4v) is 3.24. The van der Waals surface area contributed by atoms with Crippen LogP contribution in [0, 0.1) is 5.92 Å². The summed E-state index contributed by atoms with van der Waals surface area (Å²) in [6.07, 6.45) is 0.971. The average molecular weight is 337 g/mol. The van der Waals surface area contributed by atoms with Crippen molar-refractivity contribution in [1.82, 2.24) is 24.7 Å². The molecule has 0 spiro atoms. The second kappa shape index (κ2) is 7.05. The smallest absolute Gasteiger partial charge is 0.369 e. The molecule has 2 aromatic heterocycles. The predicted octanol–water partition coefficient (Wildman–Crippen LogP) is 0.376. The molecule has 124 valence electrons.